The van der Waals surface area contributed by atoms with Gasteiger partial charge in [0.1, 0.15) is 5.75 Å². The van der Waals surface area contributed by atoms with Crippen LogP contribution in [0.3, 0.4) is 0 Å². The summed E-state index contributed by atoms with van der Waals surface area (Å²) in [5.41, 5.74) is 1.23. The number of likely N-dealkylation sites (tertiary alicyclic amines) is 1. The van der Waals surface area contributed by atoms with Crippen LogP contribution in [0.25, 0.3) is 0 Å². The third kappa shape index (κ3) is 4.14. The van der Waals surface area contributed by atoms with Crippen LogP contribution in [0, 0.1) is 11.8 Å². The first-order valence-corrected chi connectivity index (χ1v) is 14.6. The van der Waals surface area contributed by atoms with Gasteiger partial charge in [0.15, 0.2) is 0 Å². The van der Waals surface area contributed by atoms with E-state index in [2.05, 4.69) is 34.5 Å². The van der Waals surface area contributed by atoms with Crippen molar-refractivity contribution in [3.8, 4) is 5.75 Å². The molecule has 1 saturated carbocycles. The van der Waals surface area contributed by atoms with Crippen molar-refractivity contribution in [1.29, 1.82) is 0 Å². The number of piperidine rings is 1. The normalized spacial score (nSPS) is 31.2. The van der Waals surface area contributed by atoms with E-state index in [1.807, 2.05) is 18.2 Å². The molecular formula is C32H40F2N2O2. The number of ether oxygens (including phenoxy) is 1. The van der Waals surface area contributed by atoms with E-state index in [4.69, 9.17) is 4.74 Å². The van der Waals surface area contributed by atoms with Crippen LogP contribution in [0.2, 0.25) is 0 Å². The van der Waals surface area contributed by atoms with Gasteiger partial charge in [-0.3, -0.25) is 4.79 Å². The molecule has 1 spiro atoms. The van der Waals surface area contributed by atoms with Gasteiger partial charge in [0.2, 0.25) is 5.91 Å². The molecule has 2 heterocycles. The van der Waals surface area contributed by atoms with Gasteiger partial charge in [-0.15, -0.1) is 0 Å². The van der Waals surface area contributed by atoms with Crippen molar-refractivity contribution >= 4 is 5.91 Å². The van der Waals surface area contributed by atoms with Crippen LogP contribution in [-0.2, 0) is 16.6 Å². The summed E-state index contributed by atoms with van der Waals surface area (Å²) in [4.78, 5) is 16.6. The number of benzene rings is 2. The van der Waals surface area contributed by atoms with Crippen molar-refractivity contribution in [3.63, 3.8) is 0 Å². The number of nitrogens with zero attached hydrogens (tertiary/aromatic N) is 1. The van der Waals surface area contributed by atoms with E-state index >= 15 is 8.78 Å². The molecule has 4 aliphatic rings. The predicted octanol–water partition coefficient (Wildman–Crippen LogP) is 6.09. The lowest BCUT2D eigenvalue weighted by Crippen LogP contribution is -2.60. The number of nitrogens with one attached hydrogen (secondary N) is 1. The van der Waals surface area contributed by atoms with Crippen LogP contribution in [0.5, 0.6) is 5.75 Å². The molecule has 2 aliphatic heterocycles. The lowest BCUT2D eigenvalue weighted by Gasteiger charge is -2.49. The minimum Gasteiger partial charge on any atom is -0.496 e. The molecule has 0 unspecified atom stereocenters. The zero-order chi connectivity index (χ0) is 26.3. The first-order valence-electron chi connectivity index (χ1n) is 14.6. The molecule has 0 bridgehead atoms. The summed E-state index contributed by atoms with van der Waals surface area (Å²) < 4.78 is 37.9. The van der Waals surface area contributed by atoms with Crippen molar-refractivity contribution in [3.05, 3.63) is 65.2 Å². The number of carbonyl (C=O) groups excluding carboxylic acids is 1. The standard InChI is InChI=1S/C32H40F2N2O2/c1-38-29-14-8-13-26-25(29)15-17-32(33,34)31(26)21-35-20-27(31)30(37)36-18-16-24(22-9-4-2-5-10-22)19-28(36)23-11-6-3-7-12-23/h2,4-5,8-10,13-14,23-24,27-28,35H,3,6-7,11-12,15-21H2,1H3/t24-,27+,28+,31-/m1/s1. The molecule has 0 radical (unpaired) electrons. The number of rotatable bonds is 4. The van der Waals surface area contributed by atoms with E-state index in [-0.39, 0.29) is 31.3 Å². The summed E-state index contributed by atoms with van der Waals surface area (Å²) in [5.74, 6) is -2.33. The van der Waals surface area contributed by atoms with E-state index in [1.54, 1.807) is 13.2 Å². The maximum atomic E-state index is 16.1. The van der Waals surface area contributed by atoms with Crippen molar-refractivity contribution in [2.75, 3.05) is 26.7 Å². The van der Waals surface area contributed by atoms with Gasteiger partial charge in [0.05, 0.1) is 18.4 Å². The van der Waals surface area contributed by atoms with Gasteiger partial charge in [0.25, 0.3) is 5.92 Å². The Morgan fingerprint density at radius 1 is 1.03 bits per heavy atom. The highest BCUT2D eigenvalue weighted by Gasteiger charge is 2.66. The van der Waals surface area contributed by atoms with Gasteiger partial charge in [-0.05, 0) is 66.7 Å². The van der Waals surface area contributed by atoms with Gasteiger partial charge < -0.3 is 15.0 Å². The second-order valence-electron chi connectivity index (χ2n) is 12.0. The maximum Gasteiger partial charge on any atom is 0.260 e. The Balaban J connectivity index is 1.36. The van der Waals surface area contributed by atoms with Gasteiger partial charge in [-0.1, -0.05) is 61.7 Å². The highest BCUT2D eigenvalue weighted by molar-refractivity contribution is 5.83. The molecule has 4 atom stereocenters. The van der Waals surface area contributed by atoms with Gasteiger partial charge in [-0.2, -0.15) is 0 Å². The SMILES string of the molecule is COc1cccc2c1CCC(F)(F)[C@]21CNC[C@H]1C(=O)N1CC[C@@H](c2ccccc2)C[C@H]1C1CCCCC1. The number of alkyl halides is 2. The second-order valence-corrected chi connectivity index (χ2v) is 12.0. The monoisotopic (exact) mass is 522 g/mol. The zero-order valence-corrected chi connectivity index (χ0v) is 22.4. The number of carbonyl (C=O) groups is 1. The smallest absolute Gasteiger partial charge is 0.260 e. The van der Waals surface area contributed by atoms with Gasteiger partial charge in [-0.25, -0.2) is 8.78 Å². The van der Waals surface area contributed by atoms with Crippen LogP contribution in [0.1, 0.15) is 74.0 Å². The summed E-state index contributed by atoms with van der Waals surface area (Å²) >= 11 is 0. The first-order chi connectivity index (χ1) is 18.5. The number of hydrogen-bond acceptors (Lipinski definition) is 3. The molecule has 2 aliphatic carbocycles. The maximum absolute atomic E-state index is 16.1. The fraction of sp³-hybridized carbons (Fsp3) is 0.594. The number of halogens is 2. The summed E-state index contributed by atoms with van der Waals surface area (Å²) in [5, 5.41) is 3.25. The quantitative estimate of drug-likeness (QED) is 0.529. The number of fused-ring (bicyclic) bond motifs is 2. The van der Waals surface area contributed by atoms with Crippen molar-refractivity contribution in [2.45, 2.75) is 81.1 Å². The molecule has 6 rings (SSSR count). The van der Waals surface area contributed by atoms with Crippen molar-refractivity contribution in [1.82, 2.24) is 10.2 Å². The van der Waals surface area contributed by atoms with E-state index in [9.17, 15) is 4.79 Å². The zero-order valence-electron chi connectivity index (χ0n) is 22.4. The molecule has 2 saturated heterocycles. The molecule has 6 heteroatoms. The average Bonchev–Trinajstić information content (AvgIpc) is 3.42. The molecule has 2 aromatic carbocycles. The third-order valence-corrected chi connectivity index (χ3v) is 10.2. The fourth-order valence-electron chi connectivity index (χ4n) is 8.28. The Hall–Kier alpha value is -2.47. The Morgan fingerprint density at radius 3 is 2.58 bits per heavy atom. The molecule has 0 aromatic heterocycles. The summed E-state index contributed by atoms with van der Waals surface area (Å²) in [7, 11) is 1.59. The highest BCUT2D eigenvalue weighted by Crippen LogP contribution is 2.56. The number of amides is 1. The van der Waals surface area contributed by atoms with Gasteiger partial charge >= 0.3 is 0 Å². The number of hydrogen-bond donors (Lipinski definition) is 1. The van der Waals surface area contributed by atoms with E-state index in [0.29, 0.717) is 36.2 Å². The Bertz CT molecular complexity index is 1150. The van der Waals surface area contributed by atoms with Crippen molar-refractivity contribution in [2.24, 2.45) is 11.8 Å². The summed E-state index contributed by atoms with van der Waals surface area (Å²) in [6.45, 7) is 1.05. The fourth-order valence-corrected chi connectivity index (χ4v) is 8.28. The Labute approximate surface area is 225 Å². The number of methoxy groups -OCH3 is 1. The van der Waals surface area contributed by atoms with E-state index in [1.165, 1.54) is 24.8 Å². The lowest BCUT2D eigenvalue weighted by molar-refractivity contribution is -0.154. The van der Waals surface area contributed by atoms with Crippen molar-refractivity contribution < 1.29 is 18.3 Å². The molecular weight excluding hydrogens is 482 g/mol. The Kier molecular flexibility index (Phi) is 6.96. The molecule has 1 amide bonds. The Morgan fingerprint density at radius 2 is 1.82 bits per heavy atom. The van der Waals surface area contributed by atoms with E-state index < -0.39 is 17.3 Å². The minimum atomic E-state index is -2.97. The highest BCUT2D eigenvalue weighted by atomic mass is 19.3. The lowest BCUT2D eigenvalue weighted by atomic mass is 9.61. The predicted molar refractivity (Wildman–Crippen MR) is 145 cm³/mol. The second kappa shape index (κ2) is 10.3. The van der Waals surface area contributed by atoms with Crippen LogP contribution in [0.15, 0.2) is 48.5 Å². The van der Waals surface area contributed by atoms with Gasteiger partial charge in [0, 0.05) is 32.1 Å². The molecule has 38 heavy (non-hydrogen) atoms. The molecule has 204 valence electrons. The molecule has 4 nitrogen and oxygen atoms in total. The first kappa shape index (κ1) is 25.8. The average molecular weight is 523 g/mol. The molecule has 2 aromatic rings. The largest absolute Gasteiger partial charge is 0.496 e. The topological polar surface area (TPSA) is 41.6 Å². The van der Waals surface area contributed by atoms with Crippen LogP contribution in [-0.4, -0.2) is 49.5 Å². The van der Waals surface area contributed by atoms with Crippen LogP contribution in [0.4, 0.5) is 8.78 Å². The van der Waals surface area contributed by atoms with Crippen LogP contribution < -0.4 is 10.1 Å². The summed E-state index contributed by atoms with van der Waals surface area (Å²) in [6, 6.07) is 16.2. The third-order valence-electron chi connectivity index (χ3n) is 10.2. The van der Waals surface area contributed by atoms with E-state index in [0.717, 1.165) is 31.2 Å². The van der Waals surface area contributed by atoms with Crippen LogP contribution >= 0.6 is 0 Å². The molecule has 1 N–H and O–H groups in total. The summed E-state index contributed by atoms with van der Waals surface area (Å²) in [6.07, 6.45) is 7.70. The minimum absolute atomic E-state index is 0.0765. The molecule has 3 fully saturated rings.